The van der Waals surface area contributed by atoms with Crippen molar-refractivity contribution in [2.45, 2.75) is 31.0 Å². The minimum atomic E-state index is -1.45. The number of guanidine groups is 1. The van der Waals surface area contributed by atoms with Crippen molar-refractivity contribution >= 4 is 29.8 Å². The topological polar surface area (TPSA) is 153 Å². The van der Waals surface area contributed by atoms with Crippen LogP contribution < -0.4 is 5.73 Å². The van der Waals surface area contributed by atoms with Crippen LogP contribution in [0.15, 0.2) is 15.0 Å². The van der Waals surface area contributed by atoms with Gasteiger partial charge in [0.2, 0.25) is 12.1 Å². The van der Waals surface area contributed by atoms with Gasteiger partial charge in [0.25, 0.3) is 5.71 Å². The van der Waals surface area contributed by atoms with Gasteiger partial charge in [0.15, 0.2) is 0 Å². The second-order valence-corrected chi connectivity index (χ2v) is 5.00. The Morgan fingerprint density at radius 2 is 2.19 bits per heavy atom. The smallest absolute Gasteiger partial charge is 0.324 e. The predicted molar refractivity (Wildman–Crippen MR) is 70.2 cm³/mol. The minimum absolute atomic E-state index is 0.0248. The van der Waals surface area contributed by atoms with E-state index in [1.54, 1.807) is 0 Å². The normalized spacial score (nSPS) is 38.7. The molecule has 3 aliphatic heterocycles. The number of amides is 1. The summed E-state index contributed by atoms with van der Waals surface area (Å²) in [6, 6.07) is 0. The molecule has 5 N–H and O–H groups in total. The van der Waals surface area contributed by atoms with E-state index in [0.717, 1.165) is 0 Å². The number of carbonyl (C=O) groups is 1. The zero-order valence-electron chi connectivity index (χ0n) is 11.0. The lowest BCUT2D eigenvalue weighted by molar-refractivity contribution is -0.572. The third kappa shape index (κ3) is 1.84. The minimum Gasteiger partial charge on any atom is -0.394 e. The summed E-state index contributed by atoms with van der Waals surface area (Å²) in [4.78, 5) is 23.0. The monoisotopic (exact) mass is 296 g/mol. The molecular formula is C11H14N5O5+. The van der Waals surface area contributed by atoms with E-state index < -0.39 is 36.6 Å². The number of hydrogen-bond donors (Lipinski definition) is 4. The third-order valence-electron chi connectivity index (χ3n) is 3.68. The average Bonchev–Trinajstić information content (AvgIpc) is 2.95. The fourth-order valence-corrected chi connectivity index (χ4v) is 2.53. The number of ether oxygens (including phenoxy) is 1. The first-order valence-electron chi connectivity index (χ1n) is 6.21. The maximum Gasteiger partial charge on any atom is 0.324 e. The van der Waals surface area contributed by atoms with Crippen LogP contribution in [0.2, 0.25) is 0 Å². The first kappa shape index (κ1) is 13.9. The van der Waals surface area contributed by atoms with Gasteiger partial charge in [0.1, 0.15) is 18.3 Å². The van der Waals surface area contributed by atoms with Crippen molar-refractivity contribution in [2.75, 3.05) is 6.61 Å². The van der Waals surface area contributed by atoms with Crippen molar-refractivity contribution in [1.29, 1.82) is 0 Å². The number of aliphatic imine (C=N–C) groups is 3. The molecule has 10 heteroatoms. The highest BCUT2D eigenvalue weighted by Crippen LogP contribution is 2.33. The molecule has 0 aromatic rings. The molecule has 3 aliphatic rings. The molecule has 0 bridgehead atoms. The summed E-state index contributed by atoms with van der Waals surface area (Å²) < 4.78 is 6.82. The van der Waals surface area contributed by atoms with Gasteiger partial charge in [-0.2, -0.15) is 9.57 Å². The number of fused-ring (bicyclic) bond motifs is 1. The summed E-state index contributed by atoms with van der Waals surface area (Å²) in [5, 5.41) is 29.3. The van der Waals surface area contributed by atoms with E-state index in [1.807, 2.05) is 0 Å². The van der Waals surface area contributed by atoms with Crippen molar-refractivity contribution in [1.82, 2.24) is 0 Å². The van der Waals surface area contributed by atoms with E-state index in [1.165, 1.54) is 17.8 Å². The molecule has 4 atom stereocenters. The van der Waals surface area contributed by atoms with Crippen molar-refractivity contribution in [2.24, 2.45) is 20.7 Å². The fourth-order valence-electron chi connectivity index (χ4n) is 2.53. The van der Waals surface area contributed by atoms with E-state index in [-0.39, 0.29) is 17.5 Å². The molecule has 0 aromatic carbocycles. The molecule has 1 amide bonds. The number of hydrogen-bond acceptors (Lipinski definition) is 8. The van der Waals surface area contributed by atoms with Crippen LogP contribution in [0.25, 0.3) is 0 Å². The van der Waals surface area contributed by atoms with Gasteiger partial charge in [-0.05, 0) is 0 Å². The van der Waals surface area contributed by atoms with Crippen LogP contribution in [0.4, 0.5) is 0 Å². The molecule has 10 nitrogen and oxygen atoms in total. The summed E-state index contributed by atoms with van der Waals surface area (Å²) in [6.07, 6.45) is -2.36. The van der Waals surface area contributed by atoms with Gasteiger partial charge in [0.05, 0.1) is 6.61 Å². The first-order valence-corrected chi connectivity index (χ1v) is 6.21. The van der Waals surface area contributed by atoms with E-state index in [2.05, 4.69) is 15.0 Å². The summed E-state index contributed by atoms with van der Waals surface area (Å²) in [6.45, 7) is 1.02. The van der Waals surface area contributed by atoms with E-state index in [4.69, 9.17) is 15.6 Å². The van der Waals surface area contributed by atoms with Crippen LogP contribution >= 0.6 is 0 Å². The number of nitrogens with zero attached hydrogens (tertiary/aromatic N) is 4. The number of carbonyl (C=O) groups excluding carboxylic acids is 1. The zero-order chi connectivity index (χ0) is 15.4. The maximum absolute atomic E-state index is 11.7. The number of rotatable bonds is 2. The van der Waals surface area contributed by atoms with Gasteiger partial charge >= 0.3 is 17.7 Å². The summed E-state index contributed by atoms with van der Waals surface area (Å²) >= 11 is 0. The zero-order valence-corrected chi connectivity index (χ0v) is 11.0. The largest absolute Gasteiger partial charge is 0.394 e. The lowest BCUT2D eigenvalue weighted by atomic mass is 10.0. The van der Waals surface area contributed by atoms with Crippen molar-refractivity contribution < 1.29 is 29.4 Å². The number of nitrogens with two attached hydrogens (primary N) is 1. The first-order chi connectivity index (χ1) is 9.88. The highest BCUT2D eigenvalue weighted by molar-refractivity contribution is 6.68. The van der Waals surface area contributed by atoms with Gasteiger partial charge in [-0.3, -0.25) is 4.79 Å². The molecule has 0 radical (unpaired) electrons. The number of aliphatic hydroxyl groups is 3. The van der Waals surface area contributed by atoms with Crippen LogP contribution in [0.1, 0.15) is 6.92 Å². The maximum atomic E-state index is 11.7. The standard InChI is InChI=1S/C11H13N5O5/c1-11(7(19)6(18)4(2-17)21-11)16-3-13-5-8(16)14-10(12)15-9(5)20/h3-4,6-7,17-19H,2H2,1H3,(H-,12,15,20)/p+1/t4-,6-,7-,11-/m1/s1. The predicted octanol–water partition coefficient (Wildman–Crippen LogP) is -3.44. The Morgan fingerprint density at radius 1 is 1.48 bits per heavy atom. The summed E-state index contributed by atoms with van der Waals surface area (Å²) in [5.74, 6) is -0.795. The van der Waals surface area contributed by atoms with Gasteiger partial charge in [-0.15, -0.1) is 0 Å². The third-order valence-corrected chi connectivity index (χ3v) is 3.68. The molecule has 0 aromatic heterocycles. The fraction of sp³-hybridized carbons (Fsp3) is 0.545. The second-order valence-electron chi connectivity index (χ2n) is 5.00. The Bertz CT molecular complexity index is 639. The Kier molecular flexibility index (Phi) is 2.99. The van der Waals surface area contributed by atoms with E-state index in [0.29, 0.717) is 0 Å². The van der Waals surface area contributed by atoms with Crippen LogP contribution in [0, 0.1) is 0 Å². The van der Waals surface area contributed by atoms with Gasteiger partial charge < -0.3 is 25.8 Å². The van der Waals surface area contributed by atoms with Crippen LogP contribution in [-0.2, 0) is 9.53 Å². The Hall–Kier alpha value is -2.01. The van der Waals surface area contributed by atoms with Crippen LogP contribution in [-0.4, -0.2) is 80.3 Å². The second kappa shape index (κ2) is 4.49. The van der Waals surface area contributed by atoms with Crippen molar-refractivity contribution in [3.63, 3.8) is 0 Å². The Labute approximate surface area is 118 Å². The van der Waals surface area contributed by atoms with Gasteiger partial charge in [0, 0.05) is 6.92 Å². The molecule has 3 rings (SSSR count). The summed E-state index contributed by atoms with van der Waals surface area (Å²) in [5.41, 5.74) is 3.98. The van der Waals surface area contributed by atoms with E-state index in [9.17, 15) is 15.0 Å². The molecule has 3 heterocycles. The molecule has 0 saturated carbocycles. The number of aliphatic hydroxyl groups excluding tert-OH is 3. The average molecular weight is 296 g/mol. The molecular weight excluding hydrogens is 282 g/mol. The molecule has 1 fully saturated rings. The SMILES string of the molecule is C[C@@]1([N+]2=CN=C3C(=O)N=C(N)N=C32)O[C@H](CO)[C@@H](O)[C@H]1O. The Balaban J connectivity index is 2.00. The van der Waals surface area contributed by atoms with Gasteiger partial charge in [-0.1, -0.05) is 9.98 Å². The lowest BCUT2D eigenvalue weighted by Gasteiger charge is -2.27. The molecule has 0 spiro atoms. The van der Waals surface area contributed by atoms with Crippen LogP contribution in [0.3, 0.4) is 0 Å². The Morgan fingerprint density at radius 3 is 2.81 bits per heavy atom. The van der Waals surface area contributed by atoms with Crippen molar-refractivity contribution in [3.8, 4) is 0 Å². The molecule has 0 unspecified atom stereocenters. The van der Waals surface area contributed by atoms with Crippen molar-refractivity contribution in [3.05, 3.63) is 0 Å². The molecule has 21 heavy (non-hydrogen) atoms. The van der Waals surface area contributed by atoms with Crippen LogP contribution in [0.5, 0.6) is 0 Å². The highest BCUT2D eigenvalue weighted by atomic mass is 16.6. The summed E-state index contributed by atoms with van der Waals surface area (Å²) in [7, 11) is 0. The molecule has 0 aliphatic carbocycles. The number of amidine groups is 1. The van der Waals surface area contributed by atoms with E-state index >= 15 is 0 Å². The molecule has 112 valence electrons. The lowest BCUT2D eigenvalue weighted by Crippen LogP contribution is -2.53. The molecule has 1 saturated heterocycles. The van der Waals surface area contributed by atoms with Gasteiger partial charge in [-0.25, -0.2) is 0 Å². The highest BCUT2D eigenvalue weighted by Gasteiger charge is 2.58. The quantitative estimate of drug-likeness (QED) is 0.389.